The van der Waals surface area contributed by atoms with Crippen LogP contribution >= 0.6 is 0 Å². The number of carbonyl (C=O) groups is 2. The summed E-state index contributed by atoms with van der Waals surface area (Å²) in [7, 11) is 0. The van der Waals surface area contributed by atoms with Crippen LogP contribution in [0.2, 0.25) is 0 Å². The van der Waals surface area contributed by atoms with Crippen molar-refractivity contribution in [2.45, 2.75) is 26.7 Å². The Kier molecular flexibility index (Phi) is 5.84. The van der Waals surface area contributed by atoms with Crippen LogP contribution in [0.15, 0.2) is 53.1 Å². The van der Waals surface area contributed by atoms with Gasteiger partial charge in [-0.05, 0) is 62.1 Å². The van der Waals surface area contributed by atoms with E-state index in [1.807, 2.05) is 24.3 Å². The van der Waals surface area contributed by atoms with Gasteiger partial charge in [-0.25, -0.2) is 4.39 Å². The van der Waals surface area contributed by atoms with E-state index in [0.29, 0.717) is 35.8 Å². The van der Waals surface area contributed by atoms with Gasteiger partial charge < -0.3 is 14.7 Å². The molecule has 160 valence electrons. The van der Waals surface area contributed by atoms with E-state index in [1.54, 1.807) is 30.9 Å². The molecule has 0 saturated carbocycles. The molecule has 31 heavy (non-hydrogen) atoms. The topological polar surface area (TPSA) is 75.4 Å². The van der Waals surface area contributed by atoms with Crippen molar-refractivity contribution in [3.63, 3.8) is 0 Å². The van der Waals surface area contributed by atoms with Gasteiger partial charge in [0.2, 0.25) is 5.91 Å². The minimum atomic E-state index is -0.298. The van der Waals surface area contributed by atoms with Crippen molar-refractivity contribution in [1.82, 2.24) is 10.1 Å². The Morgan fingerprint density at radius 3 is 2.61 bits per heavy atom. The molecule has 4 rings (SSSR count). The van der Waals surface area contributed by atoms with Gasteiger partial charge in [-0.1, -0.05) is 29.4 Å². The average molecular weight is 421 g/mol. The number of hydrogen-bond acceptors (Lipinski definition) is 4. The molecule has 1 saturated heterocycles. The van der Waals surface area contributed by atoms with E-state index in [9.17, 15) is 14.0 Å². The number of benzene rings is 2. The lowest BCUT2D eigenvalue weighted by molar-refractivity contribution is -0.121. The second-order valence-electron chi connectivity index (χ2n) is 7.87. The van der Waals surface area contributed by atoms with Crippen molar-refractivity contribution in [2.75, 3.05) is 18.4 Å². The third-order valence-electron chi connectivity index (χ3n) is 5.63. The van der Waals surface area contributed by atoms with Crippen LogP contribution in [-0.2, 0) is 4.79 Å². The molecule has 2 aromatic carbocycles. The molecule has 6 nitrogen and oxygen atoms in total. The van der Waals surface area contributed by atoms with E-state index < -0.39 is 0 Å². The molecule has 7 heteroatoms. The number of nitrogens with one attached hydrogen (secondary N) is 1. The maximum atomic E-state index is 13.2. The Hall–Kier alpha value is -3.48. The van der Waals surface area contributed by atoms with Gasteiger partial charge in [-0.2, -0.15) is 0 Å². The number of halogens is 1. The number of hydrogen-bond donors (Lipinski definition) is 1. The minimum Gasteiger partial charge on any atom is -0.361 e. The van der Waals surface area contributed by atoms with Gasteiger partial charge in [-0.15, -0.1) is 0 Å². The zero-order chi connectivity index (χ0) is 22.0. The predicted molar refractivity (Wildman–Crippen MR) is 115 cm³/mol. The van der Waals surface area contributed by atoms with Crippen LogP contribution in [0.1, 0.15) is 34.7 Å². The van der Waals surface area contributed by atoms with Gasteiger partial charge in [0.05, 0.1) is 11.6 Å². The van der Waals surface area contributed by atoms with E-state index in [1.165, 1.54) is 12.1 Å². The monoisotopic (exact) mass is 421 g/mol. The molecule has 1 aliphatic heterocycles. The fourth-order valence-electron chi connectivity index (χ4n) is 3.99. The third kappa shape index (κ3) is 4.50. The van der Waals surface area contributed by atoms with Gasteiger partial charge in [0.25, 0.3) is 5.91 Å². The van der Waals surface area contributed by atoms with Crippen LogP contribution in [0.4, 0.5) is 10.1 Å². The molecule has 0 radical (unpaired) electrons. The molecule has 1 aromatic heterocycles. The first kappa shape index (κ1) is 20.8. The van der Waals surface area contributed by atoms with Crippen LogP contribution in [-0.4, -0.2) is 35.0 Å². The lowest BCUT2D eigenvalue weighted by Crippen LogP contribution is -2.44. The van der Waals surface area contributed by atoms with E-state index in [4.69, 9.17) is 4.52 Å². The Morgan fingerprint density at radius 2 is 1.90 bits per heavy atom. The normalized spacial score (nSPS) is 16.2. The molecule has 1 fully saturated rings. The fraction of sp³-hybridized carbons (Fsp3) is 0.292. The largest absolute Gasteiger partial charge is 0.361 e. The van der Waals surface area contributed by atoms with E-state index in [-0.39, 0.29) is 23.5 Å². The summed E-state index contributed by atoms with van der Waals surface area (Å²) in [6, 6.07) is 13.7. The summed E-state index contributed by atoms with van der Waals surface area (Å²) in [6.07, 6.45) is 1.47. The molecule has 2 heterocycles. The van der Waals surface area contributed by atoms with Gasteiger partial charge in [-0.3, -0.25) is 9.59 Å². The zero-order valence-corrected chi connectivity index (χ0v) is 17.5. The predicted octanol–water partition coefficient (Wildman–Crippen LogP) is 4.59. The van der Waals surface area contributed by atoms with Gasteiger partial charge in [0, 0.05) is 18.8 Å². The molecule has 1 atom stereocenters. The Morgan fingerprint density at radius 1 is 1.13 bits per heavy atom. The van der Waals surface area contributed by atoms with Crippen molar-refractivity contribution < 1.29 is 18.5 Å². The molecule has 1 aliphatic rings. The number of nitrogens with zero attached hydrogens (tertiary/aromatic N) is 2. The smallest absolute Gasteiger partial charge is 0.259 e. The maximum Gasteiger partial charge on any atom is 0.259 e. The molecular weight excluding hydrogens is 397 g/mol. The molecule has 2 amide bonds. The molecular formula is C24H24FN3O3. The number of aryl methyl sites for hydroxylation is 2. The van der Waals surface area contributed by atoms with Crippen LogP contribution in [0.25, 0.3) is 11.1 Å². The van der Waals surface area contributed by atoms with Crippen LogP contribution in [0.5, 0.6) is 0 Å². The van der Waals surface area contributed by atoms with Gasteiger partial charge >= 0.3 is 0 Å². The molecule has 1 N–H and O–H groups in total. The lowest BCUT2D eigenvalue weighted by atomic mass is 9.96. The Labute approximate surface area is 180 Å². The zero-order valence-electron chi connectivity index (χ0n) is 17.5. The third-order valence-corrected chi connectivity index (χ3v) is 5.63. The highest BCUT2D eigenvalue weighted by molar-refractivity contribution is 5.97. The first-order valence-corrected chi connectivity index (χ1v) is 10.3. The summed E-state index contributed by atoms with van der Waals surface area (Å²) in [5.74, 6) is -0.361. The first-order chi connectivity index (χ1) is 14.9. The van der Waals surface area contributed by atoms with E-state index >= 15 is 0 Å². The second kappa shape index (κ2) is 8.71. The number of amides is 2. The number of rotatable bonds is 4. The summed E-state index contributed by atoms with van der Waals surface area (Å²) in [5.41, 5.74) is 3.46. The standard InChI is InChI=1S/C24H24FN3O3/c1-15-22(16(2)31-27-15)24(30)28-12-4-6-19(14-28)23(29)26-21-7-3-5-18(13-21)17-8-10-20(25)11-9-17/h3,5,7-11,13,19H,4,6,12,14H2,1-2H3,(H,26,29). The SMILES string of the molecule is Cc1noc(C)c1C(=O)N1CCCC(C(=O)Nc2cccc(-c3ccc(F)cc3)c2)C1. The highest BCUT2D eigenvalue weighted by Crippen LogP contribution is 2.25. The van der Waals surface area contributed by atoms with Crippen molar-refractivity contribution >= 4 is 17.5 Å². The number of likely N-dealkylation sites (tertiary alicyclic amines) is 1. The fourth-order valence-corrected chi connectivity index (χ4v) is 3.99. The maximum absolute atomic E-state index is 13.2. The van der Waals surface area contributed by atoms with Crippen molar-refractivity contribution in [2.24, 2.45) is 5.92 Å². The number of carbonyl (C=O) groups excluding carboxylic acids is 2. The first-order valence-electron chi connectivity index (χ1n) is 10.3. The molecule has 0 aliphatic carbocycles. The molecule has 3 aromatic rings. The summed E-state index contributed by atoms with van der Waals surface area (Å²) in [6.45, 7) is 4.42. The van der Waals surface area contributed by atoms with Crippen LogP contribution in [0.3, 0.4) is 0 Å². The number of anilines is 1. The Bertz CT molecular complexity index is 1090. The molecule has 1 unspecified atom stereocenters. The van der Waals surface area contributed by atoms with Gasteiger partial charge in [0.1, 0.15) is 17.1 Å². The quantitative estimate of drug-likeness (QED) is 0.669. The molecule has 0 spiro atoms. The van der Waals surface area contributed by atoms with Crippen LogP contribution in [0, 0.1) is 25.6 Å². The summed E-state index contributed by atoms with van der Waals surface area (Å²) in [4.78, 5) is 27.5. The minimum absolute atomic E-state index is 0.118. The van der Waals surface area contributed by atoms with Crippen molar-refractivity contribution in [1.29, 1.82) is 0 Å². The summed E-state index contributed by atoms with van der Waals surface area (Å²) < 4.78 is 18.3. The van der Waals surface area contributed by atoms with Gasteiger partial charge in [0.15, 0.2) is 0 Å². The van der Waals surface area contributed by atoms with Crippen LogP contribution < -0.4 is 5.32 Å². The van der Waals surface area contributed by atoms with Crippen molar-refractivity contribution in [3.8, 4) is 11.1 Å². The summed E-state index contributed by atoms with van der Waals surface area (Å²) in [5, 5.41) is 6.83. The molecule has 0 bridgehead atoms. The highest BCUT2D eigenvalue weighted by Gasteiger charge is 2.31. The van der Waals surface area contributed by atoms with E-state index in [0.717, 1.165) is 24.0 Å². The lowest BCUT2D eigenvalue weighted by Gasteiger charge is -2.32. The Balaban J connectivity index is 1.44. The van der Waals surface area contributed by atoms with E-state index in [2.05, 4.69) is 10.5 Å². The second-order valence-corrected chi connectivity index (χ2v) is 7.87. The highest BCUT2D eigenvalue weighted by atomic mass is 19.1. The number of piperidine rings is 1. The average Bonchev–Trinajstić information content (AvgIpc) is 3.12. The van der Waals surface area contributed by atoms with Crippen molar-refractivity contribution in [3.05, 3.63) is 71.4 Å². The number of aromatic nitrogens is 1. The summed E-state index contributed by atoms with van der Waals surface area (Å²) >= 11 is 0.